The van der Waals surface area contributed by atoms with Crippen LogP contribution in [0.4, 0.5) is 0 Å². The highest BCUT2D eigenvalue weighted by Gasteiger charge is 2.73. The van der Waals surface area contributed by atoms with Gasteiger partial charge in [-0.2, -0.15) is 0 Å². The van der Waals surface area contributed by atoms with Crippen molar-refractivity contribution in [3.8, 4) is 0 Å². The van der Waals surface area contributed by atoms with Gasteiger partial charge in [0.1, 0.15) is 24.2 Å². The van der Waals surface area contributed by atoms with Crippen molar-refractivity contribution < 1.29 is 29.0 Å². The summed E-state index contributed by atoms with van der Waals surface area (Å²) in [5, 5.41) is 10.2. The Hall–Kier alpha value is -2.19. The van der Waals surface area contributed by atoms with Gasteiger partial charge in [0.2, 0.25) is 11.8 Å². The van der Waals surface area contributed by atoms with Gasteiger partial charge in [0.25, 0.3) is 0 Å². The first-order valence-electron chi connectivity index (χ1n) is 11.0. The lowest BCUT2D eigenvalue weighted by Gasteiger charge is -2.42. The zero-order chi connectivity index (χ0) is 22.7. The number of esters is 1. The molecule has 0 aromatic heterocycles. The maximum atomic E-state index is 14.0. The van der Waals surface area contributed by atoms with Crippen molar-refractivity contribution in [2.24, 2.45) is 17.8 Å². The van der Waals surface area contributed by atoms with E-state index in [0.717, 1.165) is 0 Å². The van der Waals surface area contributed by atoms with Crippen molar-refractivity contribution >= 4 is 17.8 Å². The fourth-order valence-corrected chi connectivity index (χ4v) is 5.49. The Bertz CT molecular complexity index is 843. The lowest BCUT2D eigenvalue weighted by molar-refractivity contribution is -0.157. The molecule has 170 valence electrons. The Balaban J connectivity index is 1.90. The summed E-state index contributed by atoms with van der Waals surface area (Å²) >= 11 is 0. The molecular weight excluding hydrogens is 400 g/mol. The second-order valence-electron chi connectivity index (χ2n) is 10.2. The van der Waals surface area contributed by atoms with Gasteiger partial charge < -0.3 is 24.4 Å². The van der Waals surface area contributed by atoms with Gasteiger partial charge in [-0.05, 0) is 32.8 Å². The number of amides is 2. The van der Waals surface area contributed by atoms with E-state index < -0.39 is 47.1 Å². The summed E-state index contributed by atoms with van der Waals surface area (Å²) in [6.07, 6.45) is 6.49. The van der Waals surface area contributed by atoms with Gasteiger partial charge in [0.05, 0.1) is 24.7 Å². The summed E-state index contributed by atoms with van der Waals surface area (Å²) in [7, 11) is 0. The van der Waals surface area contributed by atoms with Crippen LogP contribution < -0.4 is 0 Å². The Morgan fingerprint density at radius 1 is 1.19 bits per heavy atom. The van der Waals surface area contributed by atoms with Crippen LogP contribution in [-0.4, -0.2) is 81.8 Å². The van der Waals surface area contributed by atoms with Crippen LogP contribution in [-0.2, 0) is 23.9 Å². The van der Waals surface area contributed by atoms with Crippen LogP contribution in [0.5, 0.6) is 0 Å². The number of hydrogen-bond acceptors (Lipinski definition) is 6. The van der Waals surface area contributed by atoms with Crippen LogP contribution >= 0.6 is 0 Å². The summed E-state index contributed by atoms with van der Waals surface area (Å²) in [5.74, 6) is -2.87. The summed E-state index contributed by atoms with van der Waals surface area (Å²) in [6, 6.07) is -1.53. The number of nitrogens with zero attached hydrogens (tertiary/aromatic N) is 2. The third-order valence-corrected chi connectivity index (χ3v) is 6.98. The van der Waals surface area contributed by atoms with Gasteiger partial charge in [-0.15, -0.1) is 0 Å². The van der Waals surface area contributed by atoms with E-state index in [2.05, 4.69) is 0 Å². The number of carbonyl (C=O) groups is 3. The number of aliphatic hydroxyl groups excluding tert-OH is 1. The molecule has 4 heterocycles. The molecule has 0 aromatic rings. The molecule has 1 unspecified atom stereocenters. The van der Waals surface area contributed by atoms with E-state index in [4.69, 9.17) is 9.47 Å². The molecule has 1 spiro atoms. The zero-order valence-corrected chi connectivity index (χ0v) is 18.8. The van der Waals surface area contributed by atoms with E-state index >= 15 is 0 Å². The third kappa shape index (κ3) is 3.14. The number of fused-ring (bicyclic) bond motifs is 2. The van der Waals surface area contributed by atoms with Crippen molar-refractivity contribution in [1.82, 2.24) is 9.80 Å². The number of cyclic esters (lactones) is 1. The minimum atomic E-state index is -1.29. The summed E-state index contributed by atoms with van der Waals surface area (Å²) in [6.45, 7) is 9.86. The maximum Gasteiger partial charge on any atom is 0.313 e. The molecule has 0 saturated carbocycles. The SMILES string of the molecule is CC(C)[C@H](CO)N1C(=O)[C@@H]2[C@@H]3C(=O)OCC=C[C@@H]3O[C@@]23C=CCN(C(C)(C)C)C(=O)C13. The molecule has 2 amide bonds. The monoisotopic (exact) mass is 432 g/mol. The molecule has 4 rings (SSSR count). The van der Waals surface area contributed by atoms with E-state index in [9.17, 15) is 19.5 Å². The summed E-state index contributed by atoms with van der Waals surface area (Å²) in [4.78, 5) is 43.9. The molecule has 0 bridgehead atoms. The first-order chi connectivity index (χ1) is 14.5. The molecule has 1 N–H and O–H groups in total. The molecule has 0 radical (unpaired) electrons. The van der Waals surface area contributed by atoms with Gasteiger partial charge in [-0.25, -0.2) is 0 Å². The first kappa shape index (κ1) is 22.0. The first-order valence-corrected chi connectivity index (χ1v) is 11.0. The Morgan fingerprint density at radius 3 is 2.52 bits per heavy atom. The number of carbonyl (C=O) groups excluding carboxylic acids is 3. The zero-order valence-electron chi connectivity index (χ0n) is 18.8. The van der Waals surface area contributed by atoms with Crippen LogP contribution in [0.3, 0.4) is 0 Å². The highest BCUT2D eigenvalue weighted by atomic mass is 16.6. The van der Waals surface area contributed by atoms with E-state index in [1.807, 2.05) is 40.7 Å². The molecule has 8 nitrogen and oxygen atoms in total. The largest absolute Gasteiger partial charge is 0.461 e. The number of rotatable bonds is 3. The molecule has 31 heavy (non-hydrogen) atoms. The van der Waals surface area contributed by atoms with Crippen molar-refractivity contribution in [3.05, 3.63) is 24.3 Å². The summed E-state index contributed by atoms with van der Waals surface area (Å²) < 4.78 is 11.8. The molecule has 6 atom stereocenters. The second-order valence-corrected chi connectivity index (χ2v) is 10.2. The van der Waals surface area contributed by atoms with Crippen LogP contribution in [0.25, 0.3) is 0 Å². The minimum Gasteiger partial charge on any atom is -0.461 e. The van der Waals surface area contributed by atoms with Gasteiger partial charge in [-0.3, -0.25) is 14.4 Å². The van der Waals surface area contributed by atoms with Gasteiger partial charge in [-0.1, -0.05) is 32.1 Å². The molecule has 2 fully saturated rings. The number of hydrogen-bond donors (Lipinski definition) is 1. The molecule has 2 saturated heterocycles. The van der Waals surface area contributed by atoms with Gasteiger partial charge in [0, 0.05) is 12.1 Å². The molecule has 8 heteroatoms. The standard InChI is InChI=1S/C23H32N2O6/c1-13(2)14(12-26)25-18-20(28)24(22(3,4)5)10-7-9-23(18)17(19(25)27)16-15(31-23)8-6-11-30-21(16)29/h6-9,13-18,26H,10-12H2,1-5H3/t14-,15-,16+,17-,18?,23-/m0/s1. The normalized spacial score (nSPS) is 36.2. The Kier molecular flexibility index (Phi) is 5.29. The number of ether oxygens (including phenoxy) is 2. The van der Waals surface area contributed by atoms with Crippen molar-refractivity contribution in [2.45, 2.75) is 63.9 Å². The highest BCUT2D eigenvalue weighted by Crippen LogP contribution is 2.54. The maximum absolute atomic E-state index is 14.0. The van der Waals surface area contributed by atoms with E-state index in [1.54, 1.807) is 23.1 Å². The van der Waals surface area contributed by atoms with Gasteiger partial charge in [0.15, 0.2) is 0 Å². The smallest absolute Gasteiger partial charge is 0.313 e. The number of likely N-dealkylation sites (tertiary alicyclic amines) is 1. The molecular formula is C23H32N2O6. The molecule has 4 aliphatic rings. The van der Waals surface area contributed by atoms with Gasteiger partial charge >= 0.3 is 5.97 Å². The molecule has 0 aromatic carbocycles. The lowest BCUT2D eigenvalue weighted by Crippen LogP contribution is -2.61. The fraction of sp³-hybridized carbons (Fsp3) is 0.696. The fourth-order valence-electron chi connectivity index (χ4n) is 5.49. The van der Waals surface area contributed by atoms with Crippen LogP contribution in [0, 0.1) is 17.8 Å². The van der Waals surface area contributed by atoms with Crippen molar-refractivity contribution in [1.29, 1.82) is 0 Å². The molecule has 0 aliphatic carbocycles. The van der Waals surface area contributed by atoms with Crippen LogP contribution in [0.1, 0.15) is 34.6 Å². The molecule has 4 aliphatic heterocycles. The predicted octanol–water partition coefficient (Wildman–Crippen LogP) is 0.894. The average molecular weight is 433 g/mol. The quantitative estimate of drug-likeness (QED) is 0.526. The number of aliphatic hydroxyl groups is 1. The van der Waals surface area contributed by atoms with Crippen molar-refractivity contribution in [2.75, 3.05) is 19.8 Å². The summed E-state index contributed by atoms with van der Waals surface area (Å²) in [5.41, 5.74) is -1.76. The van der Waals surface area contributed by atoms with Crippen LogP contribution in [0.2, 0.25) is 0 Å². The predicted molar refractivity (Wildman–Crippen MR) is 112 cm³/mol. The van der Waals surface area contributed by atoms with E-state index in [-0.39, 0.29) is 30.9 Å². The van der Waals surface area contributed by atoms with E-state index in [1.165, 1.54) is 4.90 Å². The average Bonchev–Trinajstić information content (AvgIpc) is 2.96. The second kappa shape index (κ2) is 7.45. The topological polar surface area (TPSA) is 96.4 Å². The van der Waals surface area contributed by atoms with Crippen molar-refractivity contribution in [3.63, 3.8) is 0 Å². The third-order valence-electron chi connectivity index (χ3n) is 6.98. The van der Waals surface area contributed by atoms with Crippen LogP contribution in [0.15, 0.2) is 24.3 Å². The lowest BCUT2D eigenvalue weighted by atomic mass is 9.78. The highest BCUT2D eigenvalue weighted by molar-refractivity contribution is 5.99. The minimum absolute atomic E-state index is 0.0928. The van der Waals surface area contributed by atoms with E-state index in [0.29, 0.717) is 6.54 Å². The Morgan fingerprint density at radius 2 is 1.90 bits per heavy atom. The Labute approximate surface area is 182 Å².